The van der Waals surface area contributed by atoms with E-state index in [1.807, 2.05) is 0 Å². The van der Waals surface area contributed by atoms with Crippen LogP contribution in [-0.2, 0) is 16.1 Å². The predicted octanol–water partition coefficient (Wildman–Crippen LogP) is 1.08. The van der Waals surface area contributed by atoms with Gasteiger partial charge in [-0.2, -0.15) is 0 Å². The average Bonchev–Trinajstić information content (AvgIpc) is 2.54. The average molecular weight is 362 g/mol. The van der Waals surface area contributed by atoms with Crippen molar-refractivity contribution in [1.29, 1.82) is 0 Å². The zero-order valence-corrected chi connectivity index (χ0v) is 14.8. The normalized spacial score (nSPS) is 11.7. The van der Waals surface area contributed by atoms with Crippen molar-refractivity contribution in [3.63, 3.8) is 0 Å². The predicted molar refractivity (Wildman–Crippen MR) is 94.5 cm³/mol. The number of nitrogens with zero attached hydrogens (tertiary/aromatic N) is 1. The lowest BCUT2D eigenvalue weighted by atomic mass is 10.2. The highest BCUT2D eigenvalue weighted by Gasteiger charge is 2.17. The molecule has 0 fully saturated rings. The van der Waals surface area contributed by atoms with Crippen LogP contribution in [0.5, 0.6) is 0 Å². The first-order valence-electron chi connectivity index (χ1n) is 8.18. The maximum absolute atomic E-state index is 13.2. The molecule has 2 amide bonds. The minimum absolute atomic E-state index is 0.0655. The first kappa shape index (κ1) is 19.5. The van der Waals surface area contributed by atoms with Crippen molar-refractivity contribution >= 4 is 17.5 Å². The highest BCUT2D eigenvalue weighted by atomic mass is 19.1. The van der Waals surface area contributed by atoms with Crippen LogP contribution in [0.2, 0.25) is 0 Å². The van der Waals surface area contributed by atoms with Crippen molar-refractivity contribution in [2.45, 2.75) is 6.54 Å². The molecule has 2 rings (SSSR count). The van der Waals surface area contributed by atoms with Crippen LogP contribution in [0.1, 0.15) is 5.56 Å². The van der Waals surface area contributed by atoms with E-state index in [0.717, 1.165) is 0 Å². The van der Waals surface area contributed by atoms with Gasteiger partial charge in [-0.1, -0.05) is 18.2 Å². The summed E-state index contributed by atoms with van der Waals surface area (Å²) in [6.45, 7) is 0.470. The van der Waals surface area contributed by atoms with E-state index in [-0.39, 0.29) is 30.7 Å². The number of halogens is 2. The number of nitrogens with one attached hydrogen (secondary N) is 2. The fourth-order valence-corrected chi connectivity index (χ4v) is 2.50. The van der Waals surface area contributed by atoms with Gasteiger partial charge in [-0.25, -0.2) is 8.78 Å². The van der Waals surface area contributed by atoms with Gasteiger partial charge in [0.1, 0.15) is 11.6 Å². The Hall–Kier alpha value is -2.80. The molecule has 2 aromatic rings. The van der Waals surface area contributed by atoms with E-state index in [2.05, 4.69) is 5.32 Å². The van der Waals surface area contributed by atoms with Gasteiger partial charge >= 0.3 is 0 Å². The molecule has 7 heteroatoms. The molecular formula is C19H22F2N3O2+. The van der Waals surface area contributed by atoms with Gasteiger partial charge in [-0.05, 0) is 35.9 Å². The van der Waals surface area contributed by atoms with E-state index in [1.54, 1.807) is 32.3 Å². The van der Waals surface area contributed by atoms with Crippen molar-refractivity contribution in [3.8, 4) is 0 Å². The van der Waals surface area contributed by atoms with E-state index in [4.69, 9.17) is 0 Å². The molecule has 0 saturated heterocycles. The first-order valence-corrected chi connectivity index (χ1v) is 8.18. The summed E-state index contributed by atoms with van der Waals surface area (Å²) in [5, 5.41) is 2.60. The first-order chi connectivity index (χ1) is 12.3. The van der Waals surface area contributed by atoms with E-state index in [0.29, 0.717) is 22.7 Å². The largest absolute Gasteiger partial charge is 0.337 e. The third-order valence-corrected chi connectivity index (χ3v) is 3.76. The number of rotatable bonds is 7. The zero-order valence-electron chi connectivity index (χ0n) is 14.8. The molecule has 0 saturated carbocycles. The molecule has 0 aliphatic rings. The Morgan fingerprint density at radius 3 is 2.35 bits per heavy atom. The maximum atomic E-state index is 13.2. The molecule has 2 aromatic carbocycles. The van der Waals surface area contributed by atoms with Gasteiger partial charge in [0.2, 0.25) is 0 Å². The smallest absolute Gasteiger partial charge is 0.279 e. The second-order valence-electron chi connectivity index (χ2n) is 6.25. The summed E-state index contributed by atoms with van der Waals surface area (Å²) >= 11 is 0. The van der Waals surface area contributed by atoms with E-state index in [1.165, 1.54) is 35.2 Å². The van der Waals surface area contributed by atoms with Gasteiger partial charge in [-0.3, -0.25) is 9.59 Å². The van der Waals surface area contributed by atoms with Crippen LogP contribution in [0.25, 0.3) is 0 Å². The lowest BCUT2D eigenvalue weighted by Crippen LogP contribution is -3.11. The molecule has 1 atom stereocenters. The Morgan fingerprint density at radius 1 is 1.04 bits per heavy atom. The number of hydrogen-bond acceptors (Lipinski definition) is 2. The van der Waals surface area contributed by atoms with Gasteiger partial charge < -0.3 is 15.1 Å². The van der Waals surface area contributed by atoms with Gasteiger partial charge in [0.25, 0.3) is 11.8 Å². The molecule has 0 spiro atoms. The Kier molecular flexibility index (Phi) is 6.80. The molecule has 26 heavy (non-hydrogen) atoms. The Bertz CT molecular complexity index is 783. The minimum Gasteiger partial charge on any atom is -0.337 e. The summed E-state index contributed by atoms with van der Waals surface area (Å²) in [6, 6.07) is 11.7. The second-order valence-corrected chi connectivity index (χ2v) is 6.25. The number of amides is 2. The lowest BCUT2D eigenvalue weighted by Gasteiger charge is -2.20. The molecule has 5 nitrogen and oxygen atoms in total. The SMILES string of the molecule is CN(Cc1cccc(F)c1)C(=O)C[NH+](C)CC(=O)Nc1cccc(F)c1. The molecule has 0 heterocycles. The highest BCUT2D eigenvalue weighted by Crippen LogP contribution is 2.08. The van der Waals surface area contributed by atoms with Crippen molar-refractivity contribution < 1.29 is 23.3 Å². The van der Waals surface area contributed by atoms with Crippen molar-refractivity contribution in [2.75, 3.05) is 32.5 Å². The molecule has 2 N–H and O–H groups in total. The summed E-state index contributed by atoms with van der Waals surface area (Å²) in [4.78, 5) is 26.4. The van der Waals surface area contributed by atoms with Crippen LogP contribution >= 0.6 is 0 Å². The van der Waals surface area contributed by atoms with Gasteiger partial charge in [-0.15, -0.1) is 0 Å². The number of carbonyl (C=O) groups excluding carboxylic acids is 2. The van der Waals surface area contributed by atoms with Crippen molar-refractivity contribution in [3.05, 3.63) is 65.7 Å². The van der Waals surface area contributed by atoms with Crippen LogP contribution in [0, 0.1) is 11.6 Å². The van der Waals surface area contributed by atoms with Crippen molar-refractivity contribution in [1.82, 2.24) is 4.90 Å². The molecule has 0 aliphatic heterocycles. The number of hydrogen-bond donors (Lipinski definition) is 2. The van der Waals surface area contributed by atoms with Gasteiger partial charge in [0.05, 0.1) is 7.05 Å². The number of anilines is 1. The summed E-state index contributed by atoms with van der Waals surface area (Å²) in [5.74, 6) is -1.25. The van der Waals surface area contributed by atoms with Gasteiger partial charge in [0, 0.05) is 19.3 Å². The monoisotopic (exact) mass is 362 g/mol. The number of benzene rings is 2. The van der Waals surface area contributed by atoms with E-state index in [9.17, 15) is 18.4 Å². The van der Waals surface area contributed by atoms with Gasteiger partial charge in [0.15, 0.2) is 13.1 Å². The van der Waals surface area contributed by atoms with E-state index < -0.39 is 5.82 Å². The standard InChI is InChI=1S/C19H21F2N3O2/c1-23(12-18(25)22-17-8-4-7-16(21)10-17)13-19(26)24(2)11-14-5-3-6-15(20)9-14/h3-10H,11-13H2,1-2H3,(H,22,25)/p+1. The second kappa shape index (κ2) is 9.05. The fourth-order valence-electron chi connectivity index (χ4n) is 2.50. The number of quaternary nitrogens is 1. The van der Waals surface area contributed by atoms with Crippen molar-refractivity contribution in [2.24, 2.45) is 0 Å². The van der Waals surface area contributed by atoms with Crippen LogP contribution in [0.3, 0.4) is 0 Å². The minimum atomic E-state index is -0.433. The zero-order chi connectivity index (χ0) is 19.1. The highest BCUT2D eigenvalue weighted by molar-refractivity contribution is 5.91. The van der Waals surface area contributed by atoms with Crippen LogP contribution in [0.4, 0.5) is 14.5 Å². The Balaban J connectivity index is 1.81. The Labute approximate surface area is 151 Å². The lowest BCUT2D eigenvalue weighted by molar-refractivity contribution is -0.862. The molecular weight excluding hydrogens is 340 g/mol. The molecule has 0 bridgehead atoms. The maximum Gasteiger partial charge on any atom is 0.279 e. The van der Waals surface area contributed by atoms with Crippen LogP contribution in [-0.4, -0.2) is 43.9 Å². The molecule has 0 aliphatic carbocycles. The van der Waals surface area contributed by atoms with Crippen LogP contribution in [0.15, 0.2) is 48.5 Å². The van der Waals surface area contributed by atoms with E-state index >= 15 is 0 Å². The summed E-state index contributed by atoms with van der Waals surface area (Å²) in [7, 11) is 3.35. The molecule has 0 radical (unpaired) electrons. The molecule has 138 valence electrons. The fraction of sp³-hybridized carbons (Fsp3) is 0.263. The number of carbonyl (C=O) groups is 2. The third kappa shape index (κ3) is 6.25. The topological polar surface area (TPSA) is 53.9 Å². The summed E-state index contributed by atoms with van der Waals surface area (Å²) < 4.78 is 26.3. The summed E-state index contributed by atoms with van der Waals surface area (Å²) in [6.07, 6.45) is 0. The summed E-state index contributed by atoms with van der Waals surface area (Å²) in [5.41, 5.74) is 1.07. The number of likely N-dealkylation sites (N-methyl/N-ethyl adjacent to an activating group) is 2. The van der Waals surface area contributed by atoms with Crippen LogP contribution < -0.4 is 10.2 Å². The third-order valence-electron chi connectivity index (χ3n) is 3.76. The quantitative estimate of drug-likeness (QED) is 0.774. The Morgan fingerprint density at radius 2 is 1.69 bits per heavy atom. The molecule has 0 aromatic heterocycles. The molecule has 1 unspecified atom stereocenters.